The number of hydrogen-bond acceptors (Lipinski definition) is 5. The van der Waals surface area contributed by atoms with Crippen LogP contribution in [0.25, 0.3) is 10.9 Å². The highest BCUT2D eigenvalue weighted by Crippen LogP contribution is 2.36. The molecule has 2 aromatic heterocycles. The van der Waals surface area contributed by atoms with Crippen LogP contribution in [0, 0.1) is 10.1 Å². The maximum absolute atomic E-state index is 13.2. The minimum atomic E-state index is -0.413. The average Bonchev–Trinajstić information content (AvgIpc) is 3.35. The Morgan fingerprint density at radius 1 is 1.00 bits per heavy atom. The van der Waals surface area contributed by atoms with Crippen LogP contribution in [0.2, 0.25) is 0 Å². The quantitative estimate of drug-likeness (QED) is 0.168. The van der Waals surface area contributed by atoms with Gasteiger partial charge < -0.3 is 14.6 Å². The molecule has 3 aromatic carbocycles. The molecule has 0 aliphatic heterocycles. The van der Waals surface area contributed by atoms with Crippen molar-refractivity contribution in [2.24, 2.45) is 0 Å². The molecule has 202 valence electrons. The van der Waals surface area contributed by atoms with E-state index in [0.717, 1.165) is 39.0 Å². The van der Waals surface area contributed by atoms with Crippen LogP contribution in [-0.4, -0.2) is 34.0 Å². The summed E-state index contributed by atoms with van der Waals surface area (Å²) in [7, 11) is 1.65. The SMILES string of the molecule is COc1ccc(Cn2cc([C@H](CC(=O)NCCc3ccccn3)c3ccc([N+](=O)[O-])cc3)c3ccccc32)cc1. The molecule has 8 heteroatoms. The molecular weight excluding hydrogens is 504 g/mol. The zero-order valence-corrected chi connectivity index (χ0v) is 22.2. The second-order valence-corrected chi connectivity index (χ2v) is 9.60. The number of fused-ring (bicyclic) bond motifs is 1. The summed E-state index contributed by atoms with van der Waals surface area (Å²) < 4.78 is 7.48. The molecule has 40 heavy (non-hydrogen) atoms. The molecule has 0 radical (unpaired) electrons. The van der Waals surface area contributed by atoms with E-state index in [1.165, 1.54) is 12.1 Å². The molecule has 8 nitrogen and oxygen atoms in total. The number of nitrogens with zero attached hydrogens (tertiary/aromatic N) is 3. The first-order chi connectivity index (χ1) is 19.5. The Bertz CT molecular complexity index is 1600. The van der Waals surface area contributed by atoms with Crippen LogP contribution in [-0.2, 0) is 17.8 Å². The molecule has 1 amide bonds. The van der Waals surface area contributed by atoms with Crippen molar-refractivity contribution in [1.82, 2.24) is 14.9 Å². The first-order valence-electron chi connectivity index (χ1n) is 13.1. The van der Waals surface area contributed by atoms with Gasteiger partial charge in [-0.2, -0.15) is 0 Å². The van der Waals surface area contributed by atoms with Crippen LogP contribution in [0.5, 0.6) is 5.75 Å². The number of amides is 1. The molecule has 0 fully saturated rings. The number of methoxy groups -OCH3 is 1. The fraction of sp³-hybridized carbons (Fsp3) is 0.188. The van der Waals surface area contributed by atoms with Crippen molar-refractivity contribution in [3.05, 3.63) is 136 Å². The first kappa shape index (κ1) is 26.6. The van der Waals surface area contributed by atoms with Gasteiger partial charge in [0.15, 0.2) is 0 Å². The lowest BCUT2D eigenvalue weighted by atomic mass is 9.88. The lowest BCUT2D eigenvalue weighted by Gasteiger charge is -2.17. The molecule has 0 bridgehead atoms. The minimum absolute atomic E-state index is 0.0178. The third-order valence-electron chi connectivity index (χ3n) is 7.03. The summed E-state index contributed by atoms with van der Waals surface area (Å²) in [5, 5.41) is 15.4. The van der Waals surface area contributed by atoms with Gasteiger partial charge in [-0.3, -0.25) is 19.9 Å². The van der Waals surface area contributed by atoms with Crippen molar-refractivity contribution in [3.63, 3.8) is 0 Å². The van der Waals surface area contributed by atoms with E-state index in [0.29, 0.717) is 19.5 Å². The van der Waals surface area contributed by atoms with Gasteiger partial charge in [0.25, 0.3) is 5.69 Å². The first-order valence-corrected chi connectivity index (χ1v) is 13.1. The third-order valence-corrected chi connectivity index (χ3v) is 7.03. The van der Waals surface area contributed by atoms with E-state index in [1.807, 2.05) is 54.6 Å². The van der Waals surface area contributed by atoms with Gasteiger partial charge in [-0.25, -0.2) is 0 Å². The van der Waals surface area contributed by atoms with E-state index in [4.69, 9.17) is 4.74 Å². The van der Waals surface area contributed by atoms with Crippen LogP contribution in [0.15, 0.2) is 103 Å². The Morgan fingerprint density at radius 2 is 1.75 bits per heavy atom. The normalized spacial score (nSPS) is 11.7. The number of para-hydroxylation sites is 1. The number of ether oxygens (including phenoxy) is 1. The van der Waals surface area contributed by atoms with Gasteiger partial charge in [0.05, 0.1) is 12.0 Å². The van der Waals surface area contributed by atoms with Crippen molar-refractivity contribution < 1.29 is 14.5 Å². The molecule has 0 spiro atoms. The maximum Gasteiger partial charge on any atom is 0.269 e. The van der Waals surface area contributed by atoms with Gasteiger partial charge in [0, 0.05) is 73.0 Å². The number of non-ortho nitro benzene ring substituents is 1. The highest BCUT2D eigenvalue weighted by atomic mass is 16.6. The lowest BCUT2D eigenvalue weighted by Crippen LogP contribution is -2.27. The smallest absolute Gasteiger partial charge is 0.269 e. The fourth-order valence-corrected chi connectivity index (χ4v) is 4.98. The van der Waals surface area contributed by atoms with E-state index in [1.54, 1.807) is 25.4 Å². The zero-order valence-electron chi connectivity index (χ0n) is 22.2. The van der Waals surface area contributed by atoms with Gasteiger partial charge >= 0.3 is 0 Å². The van der Waals surface area contributed by atoms with Crippen molar-refractivity contribution in [2.75, 3.05) is 13.7 Å². The number of carbonyl (C=O) groups excluding carboxylic acids is 1. The summed E-state index contributed by atoms with van der Waals surface area (Å²) in [5.41, 5.74) is 4.94. The molecule has 2 heterocycles. The Kier molecular flexibility index (Phi) is 8.15. The molecule has 1 atom stereocenters. The molecule has 0 saturated carbocycles. The largest absolute Gasteiger partial charge is 0.497 e. The van der Waals surface area contributed by atoms with Crippen molar-refractivity contribution in [2.45, 2.75) is 25.3 Å². The number of aromatic nitrogens is 2. The zero-order chi connectivity index (χ0) is 27.9. The summed E-state index contributed by atoms with van der Waals surface area (Å²) in [6.45, 7) is 1.12. The summed E-state index contributed by atoms with van der Waals surface area (Å²) in [5.74, 6) is 0.415. The van der Waals surface area contributed by atoms with E-state index in [-0.39, 0.29) is 23.9 Å². The van der Waals surface area contributed by atoms with Gasteiger partial charge in [0.1, 0.15) is 5.75 Å². The Morgan fingerprint density at radius 3 is 2.45 bits per heavy atom. The Hall–Kier alpha value is -4.98. The van der Waals surface area contributed by atoms with Gasteiger partial charge in [-0.05, 0) is 47.0 Å². The lowest BCUT2D eigenvalue weighted by molar-refractivity contribution is -0.384. The van der Waals surface area contributed by atoms with E-state index in [2.05, 4.69) is 33.2 Å². The number of pyridine rings is 1. The van der Waals surface area contributed by atoms with Crippen LogP contribution in [0.1, 0.15) is 34.7 Å². The second-order valence-electron chi connectivity index (χ2n) is 9.60. The van der Waals surface area contributed by atoms with E-state index >= 15 is 0 Å². The molecule has 0 saturated heterocycles. The van der Waals surface area contributed by atoms with Crippen LogP contribution < -0.4 is 10.1 Å². The number of benzene rings is 3. The summed E-state index contributed by atoms with van der Waals surface area (Å²) in [6, 6.07) is 28.3. The summed E-state index contributed by atoms with van der Waals surface area (Å²) >= 11 is 0. The fourth-order valence-electron chi connectivity index (χ4n) is 4.98. The summed E-state index contributed by atoms with van der Waals surface area (Å²) in [6.07, 6.45) is 4.68. The Labute approximate surface area is 232 Å². The minimum Gasteiger partial charge on any atom is -0.497 e. The second kappa shape index (κ2) is 12.3. The predicted molar refractivity (Wildman–Crippen MR) is 155 cm³/mol. The van der Waals surface area contributed by atoms with Crippen LogP contribution in [0.4, 0.5) is 5.69 Å². The number of nitro groups is 1. The van der Waals surface area contributed by atoms with E-state index < -0.39 is 4.92 Å². The number of nitrogens with one attached hydrogen (secondary N) is 1. The van der Waals surface area contributed by atoms with Crippen molar-refractivity contribution in [3.8, 4) is 5.75 Å². The molecule has 5 rings (SSSR count). The predicted octanol–water partition coefficient (Wildman–Crippen LogP) is 5.88. The van der Waals surface area contributed by atoms with Crippen molar-refractivity contribution in [1.29, 1.82) is 0 Å². The molecule has 1 N–H and O–H groups in total. The van der Waals surface area contributed by atoms with Gasteiger partial charge in [-0.1, -0.05) is 48.5 Å². The summed E-state index contributed by atoms with van der Waals surface area (Å²) in [4.78, 5) is 28.4. The monoisotopic (exact) mass is 534 g/mol. The molecular formula is C32H30N4O4. The number of carbonyl (C=O) groups is 1. The number of hydrogen-bond donors (Lipinski definition) is 1. The third kappa shape index (κ3) is 6.18. The number of nitro benzene ring substituents is 1. The maximum atomic E-state index is 13.2. The Balaban J connectivity index is 1.45. The van der Waals surface area contributed by atoms with Crippen LogP contribution in [0.3, 0.4) is 0 Å². The average molecular weight is 535 g/mol. The highest BCUT2D eigenvalue weighted by Gasteiger charge is 2.23. The van der Waals surface area contributed by atoms with Gasteiger partial charge in [0.2, 0.25) is 5.91 Å². The number of rotatable bonds is 11. The standard InChI is InChI=1S/C32H30N4O4/c1-40-27-15-9-23(10-16-27)21-35-22-30(28-7-2-3-8-31(28)35)29(24-11-13-26(14-12-24)36(38)39)20-32(37)34-19-17-25-6-4-5-18-33-25/h2-16,18,22,29H,17,19-21H2,1H3,(H,34,37)/t29-/m1/s1. The molecule has 0 aliphatic carbocycles. The molecule has 0 aliphatic rings. The topological polar surface area (TPSA) is 99.3 Å². The van der Waals surface area contributed by atoms with Crippen molar-refractivity contribution >= 4 is 22.5 Å². The highest BCUT2D eigenvalue weighted by molar-refractivity contribution is 5.87. The van der Waals surface area contributed by atoms with Gasteiger partial charge in [-0.15, -0.1) is 0 Å². The molecule has 0 unspecified atom stereocenters. The van der Waals surface area contributed by atoms with E-state index in [9.17, 15) is 14.9 Å². The molecule has 5 aromatic rings. The van der Waals surface area contributed by atoms with Crippen LogP contribution >= 0.6 is 0 Å².